The number of aromatic nitrogens is 1. The van der Waals surface area contributed by atoms with Crippen molar-refractivity contribution < 1.29 is 4.79 Å². The van der Waals surface area contributed by atoms with Crippen LogP contribution in [0.3, 0.4) is 0 Å². The minimum absolute atomic E-state index is 0.222. The van der Waals surface area contributed by atoms with Crippen LogP contribution in [0.4, 0.5) is 5.82 Å². The Morgan fingerprint density at radius 3 is 2.32 bits per heavy atom. The van der Waals surface area contributed by atoms with Crippen LogP contribution in [0.25, 0.3) is 0 Å². The van der Waals surface area contributed by atoms with E-state index in [1.165, 1.54) is 32.1 Å². The summed E-state index contributed by atoms with van der Waals surface area (Å²) in [7, 11) is 0. The van der Waals surface area contributed by atoms with Gasteiger partial charge in [0.2, 0.25) is 0 Å². The van der Waals surface area contributed by atoms with Gasteiger partial charge in [0, 0.05) is 12.1 Å². The number of nitrogens with zero attached hydrogens (tertiary/aromatic N) is 1. The topological polar surface area (TPSA) is 56.0 Å². The maximum Gasteiger partial charge on any atom is 0.170 e. The summed E-state index contributed by atoms with van der Waals surface area (Å²) >= 11 is 0. The van der Waals surface area contributed by atoms with Gasteiger partial charge in [0.25, 0.3) is 0 Å². The number of pyridine rings is 1. The van der Waals surface area contributed by atoms with E-state index in [9.17, 15) is 4.79 Å². The summed E-state index contributed by atoms with van der Waals surface area (Å²) in [5.41, 5.74) is 6.54. The average molecular weight is 256 g/mol. The fourth-order valence-corrected chi connectivity index (χ4v) is 5.16. The van der Waals surface area contributed by atoms with Crippen LogP contribution < -0.4 is 5.73 Å². The number of rotatable bonds is 2. The lowest BCUT2D eigenvalue weighted by atomic mass is 9.51. The van der Waals surface area contributed by atoms with Crippen molar-refractivity contribution in [2.45, 2.75) is 32.1 Å². The molecule has 1 aromatic heterocycles. The predicted molar refractivity (Wildman–Crippen MR) is 73.5 cm³/mol. The average Bonchev–Trinajstić information content (AvgIpc) is 2.37. The summed E-state index contributed by atoms with van der Waals surface area (Å²) < 4.78 is 0. The molecule has 1 heterocycles. The van der Waals surface area contributed by atoms with E-state index in [0.717, 1.165) is 11.8 Å². The number of ketones is 1. The van der Waals surface area contributed by atoms with Gasteiger partial charge in [-0.25, -0.2) is 4.98 Å². The van der Waals surface area contributed by atoms with Gasteiger partial charge in [0.1, 0.15) is 5.82 Å². The molecular weight excluding hydrogens is 236 g/mol. The van der Waals surface area contributed by atoms with Crippen LogP contribution in [-0.4, -0.2) is 10.8 Å². The Kier molecular flexibility index (Phi) is 2.44. The van der Waals surface area contributed by atoms with E-state index < -0.39 is 0 Å². The lowest BCUT2D eigenvalue weighted by molar-refractivity contribution is -0.0250. The van der Waals surface area contributed by atoms with E-state index >= 15 is 0 Å². The zero-order chi connectivity index (χ0) is 13.0. The molecular formula is C16H20N2O. The summed E-state index contributed by atoms with van der Waals surface area (Å²) in [6.07, 6.45) is 8.15. The van der Waals surface area contributed by atoms with Gasteiger partial charge in [-0.2, -0.15) is 0 Å². The van der Waals surface area contributed by atoms with Crippen LogP contribution in [0.15, 0.2) is 18.3 Å². The van der Waals surface area contributed by atoms with Crippen molar-refractivity contribution in [2.75, 3.05) is 5.73 Å². The first kappa shape index (κ1) is 11.4. The second-order valence-corrected chi connectivity index (χ2v) is 6.76. The van der Waals surface area contributed by atoms with Crippen molar-refractivity contribution in [3.05, 3.63) is 23.9 Å². The Morgan fingerprint density at radius 1 is 1.11 bits per heavy atom. The molecule has 0 spiro atoms. The molecule has 4 aliphatic carbocycles. The van der Waals surface area contributed by atoms with Crippen LogP contribution in [0.5, 0.6) is 0 Å². The molecule has 100 valence electrons. The highest BCUT2D eigenvalue weighted by atomic mass is 16.1. The number of hydrogen-bond donors (Lipinski definition) is 1. The van der Waals surface area contributed by atoms with E-state index in [1.807, 2.05) is 12.1 Å². The zero-order valence-corrected chi connectivity index (χ0v) is 11.1. The third-order valence-electron chi connectivity index (χ3n) is 5.63. The largest absolute Gasteiger partial charge is 0.383 e. The van der Waals surface area contributed by atoms with Crippen LogP contribution in [0.2, 0.25) is 0 Å². The molecule has 4 saturated carbocycles. The molecule has 4 bridgehead atoms. The number of Topliss-reactive ketones (excluding diaryl/α,β-unsaturated/α-hetero) is 1. The summed E-state index contributed by atoms with van der Waals surface area (Å²) in [6.45, 7) is 0. The molecule has 0 aliphatic heterocycles. The molecule has 4 aliphatic rings. The molecule has 3 nitrogen and oxygen atoms in total. The number of hydrogen-bond acceptors (Lipinski definition) is 3. The maximum atomic E-state index is 12.8. The zero-order valence-electron chi connectivity index (χ0n) is 11.1. The molecule has 0 unspecified atom stereocenters. The Balaban J connectivity index is 1.66. The number of nitrogens with two attached hydrogens (primary N) is 1. The van der Waals surface area contributed by atoms with Gasteiger partial charge in [0.15, 0.2) is 5.78 Å². The van der Waals surface area contributed by atoms with Crippen molar-refractivity contribution in [3.8, 4) is 0 Å². The molecule has 0 saturated heterocycles. The van der Waals surface area contributed by atoms with E-state index in [0.29, 0.717) is 23.2 Å². The summed E-state index contributed by atoms with van der Waals surface area (Å²) in [4.78, 5) is 16.9. The minimum Gasteiger partial charge on any atom is -0.383 e. The first-order chi connectivity index (χ1) is 9.22. The summed E-state index contributed by atoms with van der Waals surface area (Å²) in [5, 5.41) is 0. The van der Waals surface area contributed by atoms with E-state index in [-0.39, 0.29) is 11.7 Å². The quantitative estimate of drug-likeness (QED) is 0.828. The Hall–Kier alpha value is -1.38. The minimum atomic E-state index is 0.222. The van der Waals surface area contributed by atoms with Crippen molar-refractivity contribution in [3.63, 3.8) is 0 Å². The van der Waals surface area contributed by atoms with Crippen LogP contribution in [0.1, 0.15) is 42.5 Å². The first-order valence-electron chi connectivity index (χ1n) is 7.47. The van der Waals surface area contributed by atoms with Gasteiger partial charge >= 0.3 is 0 Å². The van der Waals surface area contributed by atoms with E-state index in [4.69, 9.17) is 5.73 Å². The van der Waals surface area contributed by atoms with Crippen LogP contribution in [-0.2, 0) is 0 Å². The van der Waals surface area contributed by atoms with Gasteiger partial charge < -0.3 is 5.73 Å². The van der Waals surface area contributed by atoms with E-state index in [2.05, 4.69) is 4.98 Å². The number of carbonyl (C=O) groups is 1. The van der Waals surface area contributed by atoms with Crippen molar-refractivity contribution in [2.24, 2.45) is 29.6 Å². The smallest absolute Gasteiger partial charge is 0.170 e. The molecule has 1 aromatic rings. The van der Waals surface area contributed by atoms with Gasteiger partial charge in [0.05, 0.1) is 5.56 Å². The van der Waals surface area contributed by atoms with Crippen molar-refractivity contribution in [1.29, 1.82) is 0 Å². The fraction of sp³-hybridized carbons (Fsp3) is 0.625. The molecule has 3 heteroatoms. The maximum absolute atomic E-state index is 12.8. The predicted octanol–water partition coefficient (Wildman–Crippen LogP) is 2.92. The molecule has 0 amide bonds. The Bertz CT molecular complexity index is 497. The highest BCUT2D eigenvalue weighted by Crippen LogP contribution is 2.57. The van der Waals surface area contributed by atoms with Crippen LogP contribution >= 0.6 is 0 Å². The highest BCUT2D eigenvalue weighted by molar-refractivity contribution is 6.02. The summed E-state index contributed by atoms with van der Waals surface area (Å²) in [5.74, 6) is 3.92. The van der Waals surface area contributed by atoms with Gasteiger partial charge in [-0.15, -0.1) is 0 Å². The molecule has 19 heavy (non-hydrogen) atoms. The first-order valence-corrected chi connectivity index (χ1v) is 7.47. The Morgan fingerprint density at radius 2 is 1.74 bits per heavy atom. The fourth-order valence-electron chi connectivity index (χ4n) is 5.16. The van der Waals surface area contributed by atoms with Gasteiger partial charge in [-0.3, -0.25) is 4.79 Å². The molecule has 4 fully saturated rings. The normalized spacial score (nSPS) is 39.5. The standard InChI is InChI=1S/C16H20N2O/c17-16-13(2-1-3-18-16)15(19)14-11-5-9-4-10(7-11)8-12(14)6-9/h1-3,9-12,14H,4-8H2,(H2,17,18). The second-order valence-electron chi connectivity index (χ2n) is 6.76. The van der Waals surface area contributed by atoms with E-state index in [1.54, 1.807) is 6.20 Å². The Labute approximate surface area is 113 Å². The number of carbonyl (C=O) groups excluding carboxylic acids is 1. The third-order valence-corrected chi connectivity index (χ3v) is 5.63. The van der Waals surface area contributed by atoms with Gasteiger partial charge in [-0.05, 0) is 67.9 Å². The second kappa shape index (κ2) is 4.06. The van der Waals surface area contributed by atoms with Crippen LogP contribution in [0, 0.1) is 29.6 Å². The third kappa shape index (κ3) is 1.71. The lowest BCUT2D eigenvalue weighted by Crippen LogP contribution is -2.48. The molecule has 2 N–H and O–H groups in total. The number of nitrogen functional groups attached to an aromatic ring is 1. The lowest BCUT2D eigenvalue weighted by Gasteiger charge is -2.53. The molecule has 0 radical (unpaired) electrons. The monoisotopic (exact) mass is 256 g/mol. The number of anilines is 1. The summed E-state index contributed by atoms with van der Waals surface area (Å²) in [6, 6.07) is 3.66. The molecule has 0 atom stereocenters. The van der Waals surface area contributed by atoms with Crippen molar-refractivity contribution >= 4 is 11.6 Å². The van der Waals surface area contributed by atoms with Crippen molar-refractivity contribution in [1.82, 2.24) is 4.98 Å². The molecule has 5 rings (SSSR count). The van der Waals surface area contributed by atoms with Gasteiger partial charge in [-0.1, -0.05) is 0 Å². The molecule has 0 aromatic carbocycles. The SMILES string of the molecule is Nc1ncccc1C(=O)C1C2CC3CC(C2)CC1C3. The highest BCUT2D eigenvalue weighted by Gasteiger charge is 2.50.